The van der Waals surface area contributed by atoms with Crippen molar-refractivity contribution in [3.63, 3.8) is 0 Å². The van der Waals surface area contributed by atoms with E-state index in [-0.39, 0.29) is 12.0 Å². The zero-order valence-corrected chi connectivity index (χ0v) is 16.8. The Kier molecular flexibility index (Phi) is 12.9. The molecular weight excluding hydrogens is 324 g/mol. The van der Waals surface area contributed by atoms with Crippen molar-refractivity contribution in [1.29, 1.82) is 0 Å². The largest absolute Gasteiger partial charge is 0.481 e. The van der Waals surface area contributed by atoms with Crippen LogP contribution in [0, 0.1) is 5.92 Å². The van der Waals surface area contributed by atoms with Crippen molar-refractivity contribution in [2.24, 2.45) is 5.92 Å². The van der Waals surface area contributed by atoms with Crippen molar-refractivity contribution in [2.75, 3.05) is 0 Å². The minimum Gasteiger partial charge on any atom is -0.481 e. The van der Waals surface area contributed by atoms with Gasteiger partial charge in [0.1, 0.15) is 0 Å². The fourth-order valence-electron chi connectivity index (χ4n) is 3.39. The molecule has 0 unspecified atom stereocenters. The summed E-state index contributed by atoms with van der Waals surface area (Å²) in [6.07, 6.45) is 11.8. The molecule has 0 aliphatic carbocycles. The minimum absolute atomic E-state index is 0.184. The third kappa shape index (κ3) is 9.96. The Morgan fingerprint density at radius 2 is 1.46 bits per heavy atom. The van der Waals surface area contributed by atoms with Gasteiger partial charge in [-0.25, -0.2) is 0 Å². The van der Waals surface area contributed by atoms with Crippen molar-refractivity contribution in [2.45, 2.75) is 97.2 Å². The van der Waals surface area contributed by atoms with Crippen LogP contribution in [0.15, 0.2) is 30.3 Å². The second kappa shape index (κ2) is 14.8. The monoisotopic (exact) mass is 362 g/mol. The third-order valence-corrected chi connectivity index (χ3v) is 5.03. The molecular formula is C23H38O3. The summed E-state index contributed by atoms with van der Waals surface area (Å²) in [5, 5.41) is 9.76. The number of benzene rings is 1. The first-order valence-electron chi connectivity index (χ1n) is 10.6. The lowest BCUT2D eigenvalue weighted by Crippen LogP contribution is -2.31. The lowest BCUT2D eigenvalue weighted by molar-refractivity contribution is -0.149. The SMILES string of the molecule is CCCCCCC[C@@H](OCc1ccccc1)[C@@H](CCCCCC)C(=O)O. The third-order valence-electron chi connectivity index (χ3n) is 5.03. The second-order valence-electron chi connectivity index (χ2n) is 7.33. The van der Waals surface area contributed by atoms with Gasteiger partial charge >= 0.3 is 5.97 Å². The molecule has 0 aromatic heterocycles. The Hall–Kier alpha value is -1.35. The molecule has 3 nitrogen and oxygen atoms in total. The lowest BCUT2D eigenvalue weighted by Gasteiger charge is -2.25. The maximum absolute atomic E-state index is 11.9. The van der Waals surface area contributed by atoms with E-state index in [0.29, 0.717) is 6.61 Å². The van der Waals surface area contributed by atoms with Gasteiger partial charge in [0.05, 0.1) is 18.6 Å². The number of rotatable bonds is 16. The zero-order chi connectivity index (χ0) is 19.0. The molecule has 0 aliphatic rings. The van der Waals surface area contributed by atoms with Gasteiger partial charge in [-0.1, -0.05) is 102 Å². The van der Waals surface area contributed by atoms with E-state index < -0.39 is 5.97 Å². The molecule has 0 amide bonds. The van der Waals surface area contributed by atoms with Gasteiger partial charge in [-0.05, 0) is 18.4 Å². The smallest absolute Gasteiger partial charge is 0.309 e. The number of ether oxygens (including phenoxy) is 1. The molecule has 148 valence electrons. The van der Waals surface area contributed by atoms with Crippen LogP contribution in [-0.2, 0) is 16.1 Å². The molecule has 0 fully saturated rings. The molecule has 0 saturated carbocycles. The lowest BCUT2D eigenvalue weighted by atomic mass is 9.91. The van der Waals surface area contributed by atoms with Gasteiger partial charge in [0.25, 0.3) is 0 Å². The van der Waals surface area contributed by atoms with E-state index in [9.17, 15) is 9.90 Å². The Balaban J connectivity index is 2.60. The van der Waals surface area contributed by atoms with Gasteiger partial charge in [-0.2, -0.15) is 0 Å². The highest BCUT2D eigenvalue weighted by atomic mass is 16.5. The first kappa shape index (κ1) is 22.7. The number of hydrogen-bond acceptors (Lipinski definition) is 2. The number of carbonyl (C=O) groups is 1. The van der Waals surface area contributed by atoms with E-state index in [1.807, 2.05) is 30.3 Å². The Morgan fingerprint density at radius 1 is 0.885 bits per heavy atom. The highest BCUT2D eigenvalue weighted by molar-refractivity contribution is 5.70. The van der Waals surface area contributed by atoms with E-state index in [1.165, 1.54) is 38.5 Å². The number of carboxylic acid groups (broad SMARTS) is 1. The molecule has 0 bridgehead atoms. The van der Waals surface area contributed by atoms with Gasteiger partial charge in [-0.3, -0.25) is 4.79 Å². The fourth-order valence-corrected chi connectivity index (χ4v) is 3.39. The van der Waals surface area contributed by atoms with Crippen molar-refractivity contribution in [3.8, 4) is 0 Å². The standard InChI is InChI=1S/C23H38O3/c1-3-5-7-9-14-18-22(26-19-20-15-11-10-12-16-20)21(23(24)25)17-13-8-6-4-2/h10-12,15-16,21-22H,3-9,13-14,17-19H2,1-2H3,(H,24,25)/t21-,22-/m1/s1. The van der Waals surface area contributed by atoms with Crippen LogP contribution < -0.4 is 0 Å². The summed E-state index contributed by atoms with van der Waals surface area (Å²) >= 11 is 0. The van der Waals surface area contributed by atoms with E-state index in [1.54, 1.807) is 0 Å². The highest BCUT2D eigenvalue weighted by Gasteiger charge is 2.28. The fraction of sp³-hybridized carbons (Fsp3) is 0.696. The molecule has 26 heavy (non-hydrogen) atoms. The van der Waals surface area contributed by atoms with E-state index in [0.717, 1.165) is 37.7 Å². The molecule has 0 aliphatic heterocycles. The van der Waals surface area contributed by atoms with Crippen molar-refractivity contribution in [1.82, 2.24) is 0 Å². The Labute approximate surface area is 160 Å². The molecule has 0 radical (unpaired) electrons. The van der Waals surface area contributed by atoms with Crippen LogP contribution in [0.1, 0.15) is 90.0 Å². The predicted octanol–water partition coefficient (Wildman–Crippen LogP) is 6.60. The maximum Gasteiger partial charge on any atom is 0.309 e. The second-order valence-corrected chi connectivity index (χ2v) is 7.33. The van der Waals surface area contributed by atoms with Gasteiger partial charge in [0.2, 0.25) is 0 Å². The molecule has 1 rings (SSSR count). The summed E-state index contributed by atoms with van der Waals surface area (Å²) in [5.74, 6) is -1.09. The number of aliphatic carboxylic acids is 1. The van der Waals surface area contributed by atoms with Crippen molar-refractivity contribution in [3.05, 3.63) is 35.9 Å². The summed E-state index contributed by atoms with van der Waals surface area (Å²) in [5.41, 5.74) is 1.11. The number of hydrogen-bond donors (Lipinski definition) is 1. The molecule has 3 heteroatoms. The van der Waals surface area contributed by atoms with Crippen LogP contribution >= 0.6 is 0 Å². The topological polar surface area (TPSA) is 46.5 Å². The van der Waals surface area contributed by atoms with Crippen LogP contribution in [0.25, 0.3) is 0 Å². The first-order chi connectivity index (χ1) is 12.7. The molecule has 1 aromatic rings. The maximum atomic E-state index is 11.9. The molecule has 2 atom stereocenters. The highest BCUT2D eigenvalue weighted by Crippen LogP contribution is 2.24. The van der Waals surface area contributed by atoms with Crippen molar-refractivity contribution >= 4 is 5.97 Å². The summed E-state index contributed by atoms with van der Waals surface area (Å²) in [4.78, 5) is 11.9. The quantitative estimate of drug-likeness (QED) is 0.337. The van der Waals surface area contributed by atoms with E-state index >= 15 is 0 Å². The van der Waals surface area contributed by atoms with Crippen LogP contribution in [0.3, 0.4) is 0 Å². The minimum atomic E-state index is -0.701. The van der Waals surface area contributed by atoms with Crippen LogP contribution in [0.4, 0.5) is 0 Å². The van der Waals surface area contributed by atoms with Crippen LogP contribution in [0.5, 0.6) is 0 Å². The average Bonchev–Trinajstić information content (AvgIpc) is 2.65. The summed E-state index contributed by atoms with van der Waals surface area (Å²) < 4.78 is 6.13. The predicted molar refractivity (Wildman–Crippen MR) is 108 cm³/mol. The molecule has 0 spiro atoms. The van der Waals surface area contributed by atoms with Gasteiger partial charge < -0.3 is 9.84 Å². The average molecular weight is 363 g/mol. The normalized spacial score (nSPS) is 13.5. The van der Waals surface area contributed by atoms with Crippen molar-refractivity contribution < 1.29 is 14.6 Å². The summed E-state index contributed by atoms with van der Waals surface area (Å²) in [6.45, 7) is 4.89. The molecule has 0 heterocycles. The number of unbranched alkanes of at least 4 members (excludes halogenated alkanes) is 7. The molecule has 1 N–H and O–H groups in total. The number of carboxylic acids is 1. The van der Waals surface area contributed by atoms with Gasteiger partial charge in [0, 0.05) is 0 Å². The summed E-state index contributed by atoms with van der Waals surface area (Å²) in [6, 6.07) is 10.1. The first-order valence-corrected chi connectivity index (χ1v) is 10.6. The van der Waals surface area contributed by atoms with Crippen LogP contribution in [-0.4, -0.2) is 17.2 Å². The molecule has 1 aromatic carbocycles. The van der Waals surface area contributed by atoms with E-state index in [4.69, 9.17) is 4.74 Å². The summed E-state index contributed by atoms with van der Waals surface area (Å²) in [7, 11) is 0. The van der Waals surface area contributed by atoms with Gasteiger partial charge in [0.15, 0.2) is 0 Å². The van der Waals surface area contributed by atoms with E-state index in [2.05, 4.69) is 13.8 Å². The van der Waals surface area contributed by atoms with Gasteiger partial charge in [-0.15, -0.1) is 0 Å². The van der Waals surface area contributed by atoms with Crippen LogP contribution in [0.2, 0.25) is 0 Å². The zero-order valence-electron chi connectivity index (χ0n) is 16.8. The Bertz CT molecular complexity index is 458. The Morgan fingerprint density at radius 3 is 2.08 bits per heavy atom. The molecule has 0 saturated heterocycles.